The summed E-state index contributed by atoms with van der Waals surface area (Å²) in [4.78, 5) is 17.5. The molecule has 3 N–H and O–H groups in total. The lowest BCUT2D eigenvalue weighted by atomic mass is 10.2. The second-order valence-electron chi connectivity index (χ2n) is 4.75. The van der Waals surface area contributed by atoms with Gasteiger partial charge in [-0.1, -0.05) is 18.2 Å². The van der Waals surface area contributed by atoms with Crippen LogP contribution in [0.25, 0.3) is 22.3 Å². The van der Waals surface area contributed by atoms with Crippen molar-refractivity contribution >= 4 is 16.9 Å². The Morgan fingerprint density at radius 3 is 2.47 bits per heavy atom. The van der Waals surface area contributed by atoms with E-state index in [2.05, 4.69) is 9.97 Å². The van der Waals surface area contributed by atoms with Gasteiger partial charge in [0, 0.05) is 16.6 Å². The molecule has 0 bridgehead atoms. The molecule has 0 aliphatic heterocycles. The molecule has 4 nitrogen and oxygen atoms in total. The molecule has 19 heavy (non-hydrogen) atoms. The molecular formula is C15H14N2O2. The number of aromatic nitrogens is 2. The highest BCUT2D eigenvalue weighted by Crippen LogP contribution is 2.26. The highest BCUT2D eigenvalue weighted by Gasteiger charge is 2.13. The third-order valence-electron chi connectivity index (χ3n) is 3.40. The quantitative estimate of drug-likeness (QED) is 0.655. The number of carbonyl (C=O) groups is 1. The van der Waals surface area contributed by atoms with E-state index >= 15 is 0 Å². The Kier molecular flexibility index (Phi) is 2.45. The average molecular weight is 254 g/mol. The highest BCUT2D eigenvalue weighted by molar-refractivity contribution is 5.92. The third-order valence-corrected chi connectivity index (χ3v) is 3.40. The van der Waals surface area contributed by atoms with Crippen LogP contribution in [0.1, 0.15) is 21.6 Å². The van der Waals surface area contributed by atoms with E-state index in [1.807, 2.05) is 31.2 Å². The summed E-state index contributed by atoms with van der Waals surface area (Å²) < 4.78 is 0. The molecule has 0 amide bonds. The third kappa shape index (κ3) is 1.81. The number of aryl methyl sites for hydroxylation is 2. The number of nitrogens with one attached hydrogen (secondary N) is 2. The van der Waals surface area contributed by atoms with E-state index in [0.717, 1.165) is 22.3 Å². The lowest BCUT2D eigenvalue weighted by molar-refractivity contribution is 0.0696. The van der Waals surface area contributed by atoms with Crippen molar-refractivity contribution in [1.82, 2.24) is 9.97 Å². The van der Waals surface area contributed by atoms with Gasteiger partial charge in [0.25, 0.3) is 0 Å². The number of hydrogen-bond donors (Lipinski definition) is 3. The van der Waals surface area contributed by atoms with E-state index in [9.17, 15) is 4.79 Å². The van der Waals surface area contributed by atoms with Gasteiger partial charge in [0.1, 0.15) is 0 Å². The molecule has 0 radical (unpaired) electrons. The summed E-state index contributed by atoms with van der Waals surface area (Å²) in [7, 11) is 0. The van der Waals surface area contributed by atoms with Crippen molar-refractivity contribution < 1.29 is 9.90 Å². The predicted molar refractivity (Wildman–Crippen MR) is 74.5 cm³/mol. The van der Waals surface area contributed by atoms with E-state index in [1.165, 1.54) is 5.56 Å². The Bertz CT molecular complexity index is 781. The van der Waals surface area contributed by atoms with Crippen LogP contribution in [0.4, 0.5) is 0 Å². The van der Waals surface area contributed by atoms with Crippen LogP contribution in [0, 0.1) is 13.8 Å². The van der Waals surface area contributed by atoms with Crippen LogP contribution in [-0.4, -0.2) is 21.0 Å². The zero-order valence-corrected chi connectivity index (χ0v) is 10.7. The van der Waals surface area contributed by atoms with E-state index in [-0.39, 0.29) is 0 Å². The Morgan fingerprint density at radius 2 is 1.84 bits per heavy atom. The average Bonchev–Trinajstić information content (AvgIpc) is 2.93. The summed E-state index contributed by atoms with van der Waals surface area (Å²) in [6, 6.07) is 9.79. The van der Waals surface area contributed by atoms with Gasteiger partial charge in [-0.2, -0.15) is 0 Å². The molecule has 0 aliphatic carbocycles. The number of hydrogen-bond acceptors (Lipinski definition) is 1. The molecule has 3 aromatic rings. The maximum atomic E-state index is 11.1. The van der Waals surface area contributed by atoms with Crippen LogP contribution >= 0.6 is 0 Å². The number of para-hydroxylation sites is 1. The van der Waals surface area contributed by atoms with Gasteiger partial charge in [-0.25, -0.2) is 4.79 Å². The van der Waals surface area contributed by atoms with Gasteiger partial charge in [0.15, 0.2) is 0 Å². The first-order chi connectivity index (χ1) is 9.06. The maximum absolute atomic E-state index is 11.1. The molecular weight excluding hydrogens is 240 g/mol. The first-order valence-corrected chi connectivity index (χ1v) is 6.08. The topological polar surface area (TPSA) is 68.9 Å². The Balaban J connectivity index is 2.17. The summed E-state index contributed by atoms with van der Waals surface area (Å²) in [6.45, 7) is 3.81. The molecule has 4 heteroatoms. The van der Waals surface area contributed by atoms with Crippen LogP contribution in [0.15, 0.2) is 30.3 Å². The SMILES string of the molecule is Cc1[nH]c(-c2cc3cccc(C)c3[nH]2)cc1C(=O)O. The van der Waals surface area contributed by atoms with Crippen LogP contribution in [0.3, 0.4) is 0 Å². The maximum Gasteiger partial charge on any atom is 0.337 e. The molecule has 0 saturated carbocycles. The van der Waals surface area contributed by atoms with Gasteiger partial charge in [-0.15, -0.1) is 0 Å². The molecule has 3 rings (SSSR count). The number of rotatable bonds is 2. The second kappa shape index (κ2) is 4.02. The van der Waals surface area contributed by atoms with Crippen LogP contribution in [0.2, 0.25) is 0 Å². The summed E-state index contributed by atoms with van der Waals surface area (Å²) in [5.74, 6) is -0.910. The van der Waals surface area contributed by atoms with Crippen molar-refractivity contribution in [1.29, 1.82) is 0 Å². The molecule has 0 unspecified atom stereocenters. The summed E-state index contributed by atoms with van der Waals surface area (Å²) >= 11 is 0. The fraction of sp³-hybridized carbons (Fsp3) is 0.133. The molecule has 1 aromatic carbocycles. The minimum Gasteiger partial charge on any atom is -0.478 e. The molecule has 0 atom stereocenters. The number of carboxylic acids is 1. The van der Waals surface area contributed by atoms with Gasteiger partial charge < -0.3 is 15.1 Å². The van der Waals surface area contributed by atoms with Gasteiger partial charge in [0.05, 0.1) is 17.0 Å². The second-order valence-corrected chi connectivity index (χ2v) is 4.75. The molecule has 0 fully saturated rings. The summed E-state index contributed by atoms with van der Waals surface area (Å²) in [5, 5.41) is 10.2. The van der Waals surface area contributed by atoms with E-state index in [1.54, 1.807) is 13.0 Å². The number of aromatic carboxylic acids is 1. The Hall–Kier alpha value is -2.49. The van der Waals surface area contributed by atoms with Gasteiger partial charge >= 0.3 is 5.97 Å². The van der Waals surface area contributed by atoms with Gasteiger partial charge in [0.2, 0.25) is 0 Å². The van der Waals surface area contributed by atoms with E-state index in [4.69, 9.17) is 5.11 Å². The largest absolute Gasteiger partial charge is 0.478 e. The van der Waals surface area contributed by atoms with Gasteiger partial charge in [-0.3, -0.25) is 0 Å². The van der Waals surface area contributed by atoms with Crippen LogP contribution in [0.5, 0.6) is 0 Å². The Labute approximate surface area is 110 Å². The first kappa shape index (κ1) is 11.6. The monoisotopic (exact) mass is 254 g/mol. The predicted octanol–water partition coefficient (Wildman–Crippen LogP) is 3.48. The van der Waals surface area contributed by atoms with Crippen LogP contribution < -0.4 is 0 Å². The smallest absolute Gasteiger partial charge is 0.337 e. The van der Waals surface area contributed by atoms with Crippen LogP contribution in [-0.2, 0) is 0 Å². The lowest BCUT2D eigenvalue weighted by Gasteiger charge is -1.94. The minimum absolute atomic E-state index is 0.311. The van der Waals surface area contributed by atoms with Crippen molar-refractivity contribution in [2.45, 2.75) is 13.8 Å². The highest BCUT2D eigenvalue weighted by atomic mass is 16.4. The number of fused-ring (bicyclic) bond motifs is 1. The van der Waals surface area contributed by atoms with E-state index in [0.29, 0.717) is 11.3 Å². The lowest BCUT2D eigenvalue weighted by Crippen LogP contribution is -1.95. The van der Waals surface area contributed by atoms with E-state index < -0.39 is 5.97 Å². The molecule has 96 valence electrons. The summed E-state index contributed by atoms with van der Waals surface area (Å²) in [6.07, 6.45) is 0. The summed E-state index contributed by atoms with van der Waals surface area (Å²) in [5.41, 5.74) is 4.93. The molecule has 2 aromatic heterocycles. The van der Waals surface area contributed by atoms with Crippen molar-refractivity contribution in [3.8, 4) is 11.4 Å². The fourth-order valence-corrected chi connectivity index (χ4v) is 2.38. The first-order valence-electron chi connectivity index (χ1n) is 6.08. The molecule has 2 heterocycles. The van der Waals surface area contributed by atoms with Gasteiger partial charge in [-0.05, 0) is 31.5 Å². The number of carboxylic acid groups (broad SMARTS) is 1. The van der Waals surface area contributed by atoms with Crippen molar-refractivity contribution in [3.05, 3.63) is 47.2 Å². The normalized spacial score (nSPS) is 11.1. The van der Waals surface area contributed by atoms with Crippen molar-refractivity contribution in [2.24, 2.45) is 0 Å². The number of H-pyrrole nitrogens is 2. The fourth-order valence-electron chi connectivity index (χ4n) is 2.38. The Morgan fingerprint density at radius 1 is 1.11 bits per heavy atom. The standard InChI is InChI=1S/C15H14N2O2/c1-8-4-3-5-10-6-12(17-14(8)10)13-7-11(15(18)19)9(2)16-13/h3-7,16-17H,1-2H3,(H,18,19). The number of benzene rings is 1. The zero-order chi connectivity index (χ0) is 13.6. The minimum atomic E-state index is -0.910. The molecule has 0 saturated heterocycles. The number of aromatic amines is 2. The van der Waals surface area contributed by atoms with Crippen molar-refractivity contribution in [3.63, 3.8) is 0 Å². The molecule has 0 aliphatic rings. The van der Waals surface area contributed by atoms with Crippen molar-refractivity contribution in [2.75, 3.05) is 0 Å². The molecule has 0 spiro atoms. The zero-order valence-electron chi connectivity index (χ0n) is 10.7.